The second kappa shape index (κ2) is 5.20. The molecule has 0 aliphatic carbocycles. The Morgan fingerprint density at radius 2 is 2.05 bits per heavy atom. The summed E-state index contributed by atoms with van der Waals surface area (Å²) in [5.41, 5.74) is 2.76. The number of hydrogen-bond acceptors (Lipinski definition) is 3. The van der Waals surface area contributed by atoms with E-state index in [9.17, 15) is 8.42 Å². The third kappa shape index (κ3) is 2.24. The Morgan fingerprint density at radius 3 is 2.80 bits per heavy atom. The van der Waals surface area contributed by atoms with Crippen LogP contribution in [0.5, 0.6) is 0 Å². The zero-order chi connectivity index (χ0) is 14.2. The van der Waals surface area contributed by atoms with Gasteiger partial charge < -0.3 is 0 Å². The maximum Gasteiger partial charge on any atom is 0.260 e. The number of fused-ring (bicyclic) bond motifs is 1. The van der Waals surface area contributed by atoms with Crippen LogP contribution >= 0.6 is 11.6 Å². The molecular weight excluding hydrogens is 298 g/mol. The first kappa shape index (κ1) is 13.6. The van der Waals surface area contributed by atoms with Gasteiger partial charge in [-0.3, -0.25) is 5.10 Å². The molecule has 1 aromatic heterocycles. The molecule has 1 aliphatic heterocycles. The van der Waals surface area contributed by atoms with Gasteiger partial charge in [0.15, 0.2) is 5.03 Å². The molecule has 3 rings (SSSR count). The van der Waals surface area contributed by atoms with Crippen LogP contribution in [-0.2, 0) is 28.9 Å². The highest BCUT2D eigenvalue weighted by molar-refractivity contribution is 7.89. The molecule has 0 amide bonds. The molecule has 0 fully saturated rings. The minimum atomic E-state index is -3.57. The fourth-order valence-corrected chi connectivity index (χ4v) is 4.23. The van der Waals surface area contributed by atoms with Crippen molar-refractivity contribution in [2.75, 3.05) is 6.54 Å². The number of alkyl halides is 1. The van der Waals surface area contributed by atoms with Crippen LogP contribution in [-0.4, -0.2) is 29.5 Å². The summed E-state index contributed by atoms with van der Waals surface area (Å²) in [5, 5.41) is 6.44. The van der Waals surface area contributed by atoms with Gasteiger partial charge in [-0.15, -0.1) is 11.6 Å². The van der Waals surface area contributed by atoms with Gasteiger partial charge in [0, 0.05) is 18.7 Å². The topological polar surface area (TPSA) is 66.1 Å². The van der Waals surface area contributed by atoms with Crippen LogP contribution in [0, 0.1) is 0 Å². The van der Waals surface area contributed by atoms with Crippen molar-refractivity contribution >= 4 is 21.6 Å². The second-order valence-electron chi connectivity index (χ2n) is 4.72. The predicted molar refractivity (Wildman–Crippen MR) is 75.9 cm³/mol. The smallest absolute Gasteiger partial charge is 0.260 e. The fraction of sp³-hybridized carbons (Fsp3) is 0.308. The van der Waals surface area contributed by atoms with Crippen molar-refractivity contribution in [3.8, 4) is 0 Å². The summed E-state index contributed by atoms with van der Waals surface area (Å²) in [5.74, 6) is 0.121. The lowest BCUT2D eigenvalue weighted by Crippen LogP contribution is -2.36. The van der Waals surface area contributed by atoms with E-state index in [-0.39, 0.29) is 10.9 Å². The Hall–Kier alpha value is -1.37. The summed E-state index contributed by atoms with van der Waals surface area (Å²) in [6.07, 6.45) is 2.18. The molecule has 1 aromatic carbocycles. The second-order valence-corrected chi connectivity index (χ2v) is 6.86. The number of aromatic amines is 1. The average Bonchev–Trinajstić information content (AvgIpc) is 2.96. The summed E-state index contributed by atoms with van der Waals surface area (Å²) < 4.78 is 26.7. The minimum absolute atomic E-state index is 0.104. The van der Waals surface area contributed by atoms with Crippen LogP contribution in [0.2, 0.25) is 0 Å². The van der Waals surface area contributed by atoms with Gasteiger partial charge in [0.2, 0.25) is 0 Å². The molecular formula is C13H14ClN3O2S. The molecule has 7 heteroatoms. The SMILES string of the molecule is O=S(=O)(c1[nH]ncc1CCl)N1CCc2ccccc2C1. The molecule has 0 saturated heterocycles. The lowest BCUT2D eigenvalue weighted by molar-refractivity contribution is 0.389. The van der Waals surface area contributed by atoms with Gasteiger partial charge in [0.25, 0.3) is 10.0 Å². The third-order valence-corrected chi connectivity index (χ3v) is 5.66. The van der Waals surface area contributed by atoms with Crippen LogP contribution in [0.3, 0.4) is 0 Å². The Kier molecular flexibility index (Phi) is 3.54. The predicted octanol–water partition coefficient (Wildman–Crippen LogP) is 1.90. The van der Waals surface area contributed by atoms with Crippen LogP contribution in [0.25, 0.3) is 0 Å². The van der Waals surface area contributed by atoms with Crippen molar-refractivity contribution in [3.05, 3.63) is 47.2 Å². The molecule has 20 heavy (non-hydrogen) atoms. The standard InChI is InChI=1S/C13H14ClN3O2S/c14-7-12-8-15-16-13(12)20(18,19)17-6-5-10-3-1-2-4-11(10)9-17/h1-4,8H,5-7,9H2,(H,15,16). The van der Waals surface area contributed by atoms with Crippen LogP contribution in [0.4, 0.5) is 0 Å². The first-order chi connectivity index (χ1) is 9.63. The van der Waals surface area contributed by atoms with Crippen molar-refractivity contribution in [2.45, 2.75) is 23.9 Å². The average molecular weight is 312 g/mol. The van der Waals surface area contributed by atoms with Crippen molar-refractivity contribution < 1.29 is 8.42 Å². The third-order valence-electron chi connectivity index (χ3n) is 3.52. The van der Waals surface area contributed by atoms with Gasteiger partial charge in [-0.25, -0.2) is 8.42 Å². The molecule has 0 atom stereocenters. The van der Waals surface area contributed by atoms with Crippen molar-refractivity contribution in [1.29, 1.82) is 0 Å². The Labute approximate surface area is 122 Å². The van der Waals surface area contributed by atoms with E-state index < -0.39 is 10.0 Å². The highest BCUT2D eigenvalue weighted by Gasteiger charge is 2.31. The maximum atomic E-state index is 12.6. The molecule has 0 radical (unpaired) electrons. The molecule has 0 saturated carbocycles. The number of benzene rings is 1. The van der Waals surface area contributed by atoms with Gasteiger partial charge in [-0.05, 0) is 17.5 Å². The number of sulfonamides is 1. The van der Waals surface area contributed by atoms with Crippen molar-refractivity contribution in [1.82, 2.24) is 14.5 Å². The summed E-state index contributed by atoms with van der Waals surface area (Å²) in [6.45, 7) is 0.860. The van der Waals surface area contributed by atoms with Crippen molar-refractivity contribution in [3.63, 3.8) is 0 Å². The quantitative estimate of drug-likeness (QED) is 0.880. The van der Waals surface area contributed by atoms with Gasteiger partial charge in [-0.1, -0.05) is 24.3 Å². The number of halogens is 1. The molecule has 2 heterocycles. The first-order valence-electron chi connectivity index (χ1n) is 6.28. The van der Waals surface area contributed by atoms with E-state index >= 15 is 0 Å². The highest BCUT2D eigenvalue weighted by Crippen LogP contribution is 2.25. The zero-order valence-corrected chi connectivity index (χ0v) is 12.3. The van der Waals surface area contributed by atoms with Gasteiger partial charge in [0.05, 0.1) is 12.1 Å². The van der Waals surface area contributed by atoms with Crippen molar-refractivity contribution in [2.24, 2.45) is 0 Å². The van der Waals surface area contributed by atoms with Crippen LogP contribution < -0.4 is 0 Å². The number of nitrogens with one attached hydrogen (secondary N) is 1. The van der Waals surface area contributed by atoms with E-state index in [2.05, 4.69) is 10.2 Å². The zero-order valence-electron chi connectivity index (χ0n) is 10.7. The minimum Gasteiger partial charge on any atom is -0.266 e. The normalized spacial score (nSPS) is 16.1. The molecule has 0 bridgehead atoms. The van der Waals surface area contributed by atoms with E-state index in [1.54, 1.807) is 0 Å². The largest absolute Gasteiger partial charge is 0.266 e. The van der Waals surface area contributed by atoms with E-state index in [1.807, 2.05) is 24.3 Å². The van der Waals surface area contributed by atoms with E-state index in [0.717, 1.165) is 12.0 Å². The van der Waals surface area contributed by atoms with Gasteiger partial charge in [0.1, 0.15) is 0 Å². The highest BCUT2D eigenvalue weighted by atomic mass is 35.5. The summed E-state index contributed by atoms with van der Waals surface area (Å²) in [7, 11) is -3.57. The lowest BCUT2D eigenvalue weighted by Gasteiger charge is -2.27. The number of aromatic nitrogens is 2. The fourth-order valence-electron chi connectivity index (χ4n) is 2.42. The van der Waals surface area contributed by atoms with E-state index in [0.29, 0.717) is 18.7 Å². The molecule has 2 aromatic rings. The number of nitrogens with zero attached hydrogens (tertiary/aromatic N) is 2. The van der Waals surface area contributed by atoms with E-state index in [1.165, 1.54) is 16.1 Å². The monoisotopic (exact) mass is 311 g/mol. The maximum absolute atomic E-state index is 12.6. The Morgan fingerprint density at radius 1 is 1.30 bits per heavy atom. The molecule has 0 spiro atoms. The summed E-state index contributed by atoms with van der Waals surface area (Å²) in [6, 6.07) is 7.91. The molecule has 5 nitrogen and oxygen atoms in total. The van der Waals surface area contributed by atoms with Crippen LogP contribution in [0.15, 0.2) is 35.5 Å². The molecule has 1 aliphatic rings. The Balaban J connectivity index is 1.94. The molecule has 1 N–H and O–H groups in total. The number of hydrogen-bond donors (Lipinski definition) is 1. The van der Waals surface area contributed by atoms with E-state index in [4.69, 9.17) is 11.6 Å². The van der Waals surface area contributed by atoms with Gasteiger partial charge in [-0.2, -0.15) is 9.40 Å². The number of H-pyrrole nitrogens is 1. The van der Waals surface area contributed by atoms with Gasteiger partial charge >= 0.3 is 0 Å². The lowest BCUT2D eigenvalue weighted by atomic mass is 10.0. The molecule has 0 unspecified atom stereocenters. The first-order valence-corrected chi connectivity index (χ1v) is 8.25. The Bertz CT molecular complexity index is 727. The number of rotatable bonds is 3. The summed E-state index contributed by atoms with van der Waals surface area (Å²) >= 11 is 5.76. The van der Waals surface area contributed by atoms with Crippen LogP contribution in [0.1, 0.15) is 16.7 Å². The summed E-state index contributed by atoms with van der Waals surface area (Å²) in [4.78, 5) is 0. The molecule has 106 valence electrons.